The Hall–Kier alpha value is -3.20. The maximum atomic E-state index is 5.59. The van der Waals surface area contributed by atoms with Crippen LogP contribution in [-0.2, 0) is 11.8 Å². The normalized spacial score (nSPS) is 17.7. The zero-order valence-corrected chi connectivity index (χ0v) is 15.2. The minimum atomic E-state index is 0.255. The zero-order valence-electron chi connectivity index (χ0n) is 15.2. The second kappa shape index (κ2) is 6.20. The Balaban J connectivity index is 1.76. The van der Waals surface area contributed by atoms with Gasteiger partial charge < -0.3 is 9.64 Å². The molecule has 0 amide bonds. The number of rotatable bonds is 3. The molecule has 0 bridgehead atoms. The summed E-state index contributed by atoms with van der Waals surface area (Å²) in [6.07, 6.45) is 3.51. The summed E-state index contributed by atoms with van der Waals surface area (Å²) in [5.74, 6) is 0.914. The average molecular weight is 364 g/mol. The summed E-state index contributed by atoms with van der Waals surface area (Å²) < 4.78 is 7.45. The van der Waals surface area contributed by atoms with Crippen LogP contribution in [0, 0.1) is 0 Å². The number of morpholine rings is 1. The van der Waals surface area contributed by atoms with Crippen LogP contribution in [0.1, 0.15) is 6.92 Å². The topological polar surface area (TPSA) is 101 Å². The zero-order chi connectivity index (χ0) is 18.4. The second-order valence-electron chi connectivity index (χ2n) is 6.75. The van der Waals surface area contributed by atoms with Crippen molar-refractivity contribution in [2.45, 2.75) is 13.0 Å². The minimum absolute atomic E-state index is 0.255. The lowest BCUT2D eigenvalue weighted by molar-refractivity contribution is 0.0986. The maximum Gasteiger partial charge on any atom is 0.130 e. The molecule has 0 radical (unpaired) electrons. The molecule has 0 saturated carbocycles. The van der Waals surface area contributed by atoms with E-state index in [1.165, 1.54) is 0 Å². The molecule has 138 valence electrons. The van der Waals surface area contributed by atoms with E-state index in [4.69, 9.17) is 9.72 Å². The monoisotopic (exact) mass is 364 g/mol. The summed E-state index contributed by atoms with van der Waals surface area (Å²) >= 11 is 0. The first-order chi connectivity index (χ1) is 13.2. The highest BCUT2D eigenvalue weighted by Gasteiger charge is 2.24. The Morgan fingerprint density at radius 3 is 2.85 bits per heavy atom. The third kappa shape index (κ3) is 2.58. The van der Waals surface area contributed by atoms with Crippen LogP contribution < -0.4 is 4.90 Å². The summed E-state index contributed by atoms with van der Waals surface area (Å²) in [6, 6.07) is 6.25. The first-order valence-corrected chi connectivity index (χ1v) is 8.94. The number of hydrogen-bond acceptors (Lipinski definition) is 6. The first-order valence-electron chi connectivity index (χ1n) is 8.94. The Bertz CT molecular complexity index is 1080. The standard InChI is InChI=1S/C18H20N8O/c1-11-10-27-8-7-26(11)15-9-12(14-4-6-20-25(14)2)16-18(21-15)17(24-23-16)13-3-5-19-22-13/h3-6,9,11H,7-8,10H2,1-2H3,(H,19,22)(H,23,24). The van der Waals surface area contributed by atoms with Crippen molar-refractivity contribution in [3.05, 3.63) is 30.6 Å². The van der Waals surface area contributed by atoms with E-state index in [0.717, 1.165) is 46.0 Å². The van der Waals surface area contributed by atoms with Gasteiger partial charge in [-0.25, -0.2) is 4.98 Å². The van der Waals surface area contributed by atoms with Gasteiger partial charge in [-0.15, -0.1) is 0 Å². The van der Waals surface area contributed by atoms with Gasteiger partial charge in [0, 0.05) is 31.5 Å². The van der Waals surface area contributed by atoms with E-state index < -0.39 is 0 Å². The number of nitrogens with one attached hydrogen (secondary N) is 2. The highest BCUT2D eigenvalue weighted by molar-refractivity contribution is 5.99. The highest BCUT2D eigenvalue weighted by atomic mass is 16.5. The van der Waals surface area contributed by atoms with Crippen molar-refractivity contribution in [2.24, 2.45) is 7.05 Å². The maximum absolute atomic E-state index is 5.59. The third-order valence-electron chi connectivity index (χ3n) is 5.02. The van der Waals surface area contributed by atoms with Crippen molar-refractivity contribution in [1.82, 2.24) is 35.2 Å². The van der Waals surface area contributed by atoms with E-state index >= 15 is 0 Å². The van der Waals surface area contributed by atoms with Gasteiger partial charge in [0.25, 0.3) is 0 Å². The largest absolute Gasteiger partial charge is 0.377 e. The Kier molecular flexibility index (Phi) is 3.68. The molecule has 27 heavy (non-hydrogen) atoms. The van der Waals surface area contributed by atoms with Gasteiger partial charge in [0.05, 0.1) is 30.6 Å². The molecule has 9 nitrogen and oxygen atoms in total. The molecule has 4 aromatic heterocycles. The number of aromatic amines is 2. The molecule has 0 aliphatic carbocycles. The van der Waals surface area contributed by atoms with E-state index in [1.54, 1.807) is 12.4 Å². The Morgan fingerprint density at radius 2 is 2.11 bits per heavy atom. The predicted molar refractivity (Wildman–Crippen MR) is 101 cm³/mol. The minimum Gasteiger partial charge on any atom is -0.377 e. The van der Waals surface area contributed by atoms with Gasteiger partial charge in [-0.3, -0.25) is 14.9 Å². The lowest BCUT2D eigenvalue weighted by atomic mass is 10.1. The lowest BCUT2D eigenvalue weighted by Gasteiger charge is -2.34. The fourth-order valence-electron chi connectivity index (χ4n) is 3.61. The molecule has 1 fully saturated rings. The van der Waals surface area contributed by atoms with Crippen LogP contribution in [0.3, 0.4) is 0 Å². The smallest absolute Gasteiger partial charge is 0.130 e. The summed E-state index contributed by atoms with van der Waals surface area (Å²) in [6.45, 7) is 4.35. The number of aromatic nitrogens is 7. The van der Waals surface area contributed by atoms with Crippen LogP contribution in [0.4, 0.5) is 5.82 Å². The molecule has 1 saturated heterocycles. The number of fused-ring (bicyclic) bond motifs is 1. The van der Waals surface area contributed by atoms with Crippen LogP contribution in [0.15, 0.2) is 30.6 Å². The van der Waals surface area contributed by atoms with Gasteiger partial charge >= 0.3 is 0 Å². The predicted octanol–water partition coefficient (Wildman–Crippen LogP) is 1.97. The van der Waals surface area contributed by atoms with Crippen LogP contribution in [-0.4, -0.2) is 61.0 Å². The lowest BCUT2D eigenvalue weighted by Crippen LogP contribution is -2.44. The Morgan fingerprint density at radius 1 is 1.19 bits per heavy atom. The van der Waals surface area contributed by atoms with E-state index in [2.05, 4.69) is 43.4 Å². The van der Waals surface area contributed by atoms with Crippen molar-refractivity contribution in [3.8, 4) is 22.6 Å². The SMILES string of the molecule is CC1COCCN1c1cc(-c2ccnn2C)c2n[nH]c(-c3ccn[nH]3)c2n1. The van der Waals surface area contributed by atoms with Gasteiger partial charge in [0.15, 0.2) is 0 Å². The number of ether oxygens (including phenoxy) is 1. The number of H-pyrrole nitrogens is 2. The van der Waals surface area contributed by atoms with Crippen LogP contribution in [0.2, 0.25) is 0 Å². The van der Waals surface area contributed by atoms with Crippen LogP contribution in [0.5, 0.6) is 0 Å². The molecule has 0 spiro atoms. The van der Waals surface area contributed by atoms with Crippen LogP contribution >= 0.6 is 0 Å². The van der Waals surface area contributed by atoms with E-state index in [-0.39, 0.29) is 6.04 Å². The molecular weight excluding hydrogens is 344 g/mol. The summed E-state index contributed by atoms with van der Waals surface area (Å²) in [5.41, 5.74) is 5.30. The fourth-order valence-corrected chi connectivity index (χ4v) is 3.61. The highest BCUT2D eigenvalue weighted by Crippen LogP contribution is 2.34. The van der Waals surface area contributed by atoms with Gasteiger partial charge in [-0.1, -0.05) is 0 Å². The molecule has 1 atom stereocenters. The van der Waals surface area contributed by atoms with E-state index in [1.807, 2.05) is 23.9 Å². The van der Waals surface area contributed by atoms with Gasteiger partial charge in [-0.2, -0.15) is 15.3 Å². The van der Waals surface area contributed by atoms with Crippen molar-refractivity contribution < 1.29 is 4.74 Å². The van der Waals surface area contributed by atoms with Gasteiger partial charge in [0.1, 0.15) is 22.5 Å². The number of aryl methyl sites for hydroxylation is 1. The molecule has 1 aliphatic heterocycles. The molecule has 4 aromatic rings. The fraction of sp³-hybridized carbons (Fsp3) is 0.333. The molecule has 0 aromatic carbocycles. The summed E-state index contributed by atoms with van der Waals surface area (Å²) in [4.78, 5) is 7.25. The molecular formula is C18H20N8O. The molecule has 5 rings (SSSR count). The molecule has 1 aliphatic rings. The number of pyridine rings is 1. The molecule has 2 N–H and O–H groups in total. The average Bonchev–Trinajstić information content (AvgIpc) is 3.41. The van der Waals surface area contributed by atoms with Crippen molar-refractivity contribution in [1.29, 1.82) is 0 Å². The first kappa shape index (κ1) is 16.0. The Labute approximate surface area is 155 Å². The summed E-state index contributed by atoms with van der Waals surface area (Å²) in [7, 11) is 1.93. The summed E-state index contributed by atoms with van der Waals surface area (Å²) in [5, 5.41) is 19.0. The number of nitrogens with zero attached hydrogens (tertiary/aromatic N) is 6. The van der Waals surface area contributed by atoms with Crippen LogP contribution in [0.25, 0.3) is 33.7 Å². The molecule has 9 heteroatoms. The second-order valence-corrected chi connectivity index (χ2v) is 6.75. The van der Waals surface area contributed by atoms with Crippen molar-refractivity contribution in [2.75, 3.05) is 24.7 Å². The molecule has 1 unspecified atom stereocenters. The quantitative estimate of drug-likeness (QED) is 0.576. The third-order valence-corrected chi connectivity index (χ3v) is 5.02. The van der Waals surface area contributed by atoms with Gasteiger partial charge in [-0.05, 0) is 25.1 Å². The van der Waals surface area contributed by atoms with E-state index in [9.17, 15) is 0 Å². The van der Waals surface area contributed by atoms with Crippen molar-refractivity contribution >= 4 is 16.9 Å². The van der Waals surface area contributed by atoms with Crippen molar-refractivity contribution in [3.63, 3.8) is 0 Å². The van der Waals surface area contributed by atoms with E-state index in [0.29, 0.717) is 13.2 Å². The number of anilines is 1. The number of hydrogen-bond donors (Lipinski definition) is 2. The molecule has 5 heterocycles. The van der Waals surface area contributed by atoms with Gasteiger partial charge in [0.2, 0.25) is 0 Å².